The molecule has 0 fully saturated rings. The van der Waals surface area contributed by atoms with Gasteiger partial charge in [-0.15, -0.1) is 0 Å². The van der Waals surface area contributed by atoms with Gasteiger partial charge in [0.2, 0.25) is 0 Å². The highest BCUT2D eigenvalue weighted by Gasteiger charge is 2.14. The first-order valence-corrected chi connectivity index (χ1v) is 11.3. The summed E-state index contributed by atoms with van der Waals surface area (Å²) in [5, 5.41) is 2.57. The highest BCUT2D eigenvalue weighted by molar-refractivity contribution is 7.71. The van der Waals surface area contributed by atoms with Crippen molar-refractivity contribution in [3.8, 4) is 11.1 Å². The van der Waals surface area contributed by atoms with Crippen LogP contribution in [-0.2, 0) is 12.8 Å². The Kier molecular flexibility index (Phi) is 6.29. The van der Waals surface area contributed by atoms with Gasteiger partial charge in [0.05, 0.1) is 0 Å². The number of unbranched alkanes of at least 4 members (excludes halogenated alkanes) is 2. The van der Waals surface area contributed by atoms with Crippen molar-refractivity contribution >= 4 is 34.0 Å². The molecule has 154 valence electrons. The first-order valence-electron chi connectivity index (χ1n) is 10.9. The van der Waals surface area contributed by atoms with E-state index in [1.807, 2.05) is 18.2 Å². The van der Waals surface area contributed by atoms with Crippen molar-refractivity contribution in [1.82, 2.24) is 0 Å². The Balaban J connectivity index is 1.78. The normalized spacial score (nSPS) is 11.4. The zero-order valence-corrected chi connectivity index (χ0v) is 18.4. The number of halogens is 1. The van der Waals surface area contributed by atoms with Crippen molar-refractivity contribution in [2.45, 2.75) is 52.4 Å². The van der Waals surface area contributed by atoms with Crippen LogP contribution in [-0.4, -0.2) is 0 Å². The molecular formula is C27H27FOS. The van der Waals surface area contributed by atoms with Crippen molar-refractivity contribution in [1.29, 1.82) is 0 Å². The molecule has 0 unspecified atom stereocenters. The Bertz CT molecular complexity index is 1240. The number of aryl methyl sites for hydroxylation is 2. The van der Waals surface area contributed by atoms with Gasteiger partial charge in [-0.2, -0.15) is 0 Å². The topological polar surface area (TPSA) is 13.1 Å². The summed E-state index contributed by atoms with van der Waals surface area (Å²) in [4.78, 5) is 0. The number of hydrogen-bond donors (Lipinski definition) is 0. The maximum atomic E-state index is 15.1. The lowest BCUT2D eigenvalue weighted by molar-refractivity contribution is 0.536. The Morgan fingerprint density at radius 3 is 2.23 bits per heavy atom. The van der Waals surface area contributed by atoms with E-state index in [1.165, 1.54) is 5.56 Å². The number of rotatable bonds is 7. The average Bonchev–Trinajstić information content (AvgIpc) is 2.77. The summed E-state index contributed by atoms with van der Waals surface area (Å²) in [6, 6.07) is 18.7. The Labute approximate surface area is 182 Å². The Morgan fingerprint density at radius 2 is 1.50 bits per heavy atom. The van der Waals surface area contributed by atoms with Crippen LogP contribution in [0.2, 0.25) is 0 Å². The van der Waals surface area contributed by atoms with Gasteiger partial charge in [0.25, 0.3) is 0 Å². The van der Waals surface area contributed by atoms with Crippen molar-refractivity contribution in [2.24, 2.45) is 0 Å². The summed E-state index contributed by atoms with van der Waals surface area (Å²) >= 11 is 5.52. The van der Waals surface area contributed by atoms with Crippen LogP contribution in [0.5, 0.6) is 0 Å². The molecule has 4 rings (SSSR count). The molecule has 0 spiro atoms. The molecule has 1 nitrogen and oxygen atoms in total. The van der Waals surface area contributed by atoms with E-state index in [1.54, 1.807) is 0 Å². The van der Waals surface area contributed by atoms with Crippen LogP contribution in [0.3, 0.4) is 0 Å². The number of hydrogen-bond acceptors (Lipinski definition) is 2. The maximum Gasteiger partial charge on any atom is 0.198 e. The van der Waals surface area contributed by atoms with E-state index in [2.05, 4.69) is 50.2 Å². The van der Waals surface area contributed by atoms with Crippen LogP contribution in [0.4, 0.5) is 4.39 Å². The summed E-state index contributed by atoms with van der Waals surface area (Å²) in [6.07, 6.45) is 6.15. The molecule has 0 N–H and O–H groups in total. The predicted molar refractivity (Wildman–Crippen MR) is 127 cm³/mol. The van der Waals surface area contributed by atoms with Crippen LogP contribution in [0.1, 0.15) is 50.7 Å². The molecule has 1 heterocycles. The predicted octanol–water partition coefficient (Wildman–Crippen LogP) is 8.81. The van der Waals surface area contributed by atoms with Crippen LogP contribution in [0.25, 0.3) is 32.9 Å². The molecule has 0 amide bonds. The smallest absolute Gasteiger partial charge is 0.198 e. The van der Waals surface area contributed by atoms with E-state index in [-0.39, 0.29) is 11.4 Å². The molecular weight excluding hydrogens is 391 g/mol. The minimum atomic E-state index is -0.271. The maximum absolute atomic E-state index is 15.1. The summed E-state index contributed by atoms with van der Waals surface area (Å²) in [5.41, 5.74) is 4.55. The van der Waals surface area contributed by atoms with Crippen LogP contribution in [0.15, 0.2) is 59.0 Å². The second kappa shape index (κ2) is 9.09. The molecule has 3 aromatic carbocycles. The van der Waals surface area contributed by atoms with Crippen molar-refractivity contribution < 1.29 is 8.81 Å². The van der Waals surface area contributed by atoms with Gasteiger partial charge in [-0.3, -0.25) is 0 Å². The highest BCUT2D eigenvalue weighted by atomic mass is 32.1. The molecule has 0 bridgehead atoms. The van der Waals surface area contributed by atoms with E-state index in [9.17, 15) is 0 Å². The van der Waals surface area contributed by atoms with Crippen LogP contribution < -0.4 is 0 Å². The SMILES string of the molecule is CCCCCc1ccc2c(oc(=S)c3cc(-c4ccc(CCC)cc4)ccc32)c1F. The Morgan fingerprint density at radius 1 is 0.767 bits per heavy atom. The molecule has 1 aromatic heterocycles. The fourth-order valence-corrected chi connectivity index (χ4v) is 4.35. The summed E-state index contributed by atoms with van der Waals surface area (Å²) < 4.78 is 21.3. The molecule has 0 radical (unpaired) electrons. The van der Waals surface area contributed by atoms with Gasteiger partial charge in [-0.25, -0.2) is 4.39 Å². The molecule has 4 aromatic rings. The van der Waals surface area contributed by atoms with E-state index in [0.29, 0.717) is 10.3 Å². The van der Waals surface area contributed by atoms with E-state index < -0.39 is 0 Å². The molecule has 3 heteroatoms. The molecule has 0 saturated heterocycles. The lowest BCUT2D eigenvalue weighted by Crippen LogP contribution is -1.93. The third-order valence-corrected chi connectivity index (χ3v) is 6.08. The minimum absolute atomic E-state index is 0.271. The first-order chi connectivity index (χ1) is 14.6. The van der Waals surface area contributed by atoms with Gasteiger partial charge in [-0.05, 0) is 65.2 Å². The molecule has 0 atom stereocenters. The second-order valence-corrected chi connectivity index (χ2v) is 8.34. The van der Waals surface area contributed by atoms with Gasteiger partial charge < -0.3 is 4.42 Å². The number of benzene rings is 3. The molecule has 0 aliphatic rings. The fourth-order valence-electron chi connectivity index (χ4n) is 4.10. The minimum Gasteiger partial charge on any atom is -0.441 e. The highest BCUT2D eigenvalue weighted by Crippen LogP contribution is 2.33. The van der Waals surface area contributed by atoms with Crippen molar-refractivity contribution in [3.63, 3.8) is 0 Å². The van der Waals surface area contributed by atoms with Crippen molar-refractivity contribution in [3.05, 3.63) is 76.2 Å². The Hall–Kier alpha value is -2.52. The van der Waals surface area contributed by atoms with Gasteiger partial charge in [-0.1, -0.05) is 81.6 Å². The van der Waals surface area contributed by atoms with Gasteiger partial charge in [0, 0.05) is 10.8 Å². The quantitative estimate of drug-likeness (QED) is 0.169. The van der Waals surface area contributed by atoms with Gasteiger partial charge >= 0.3 is 0 Å². The lowest BCUT2D eigenvalue weighted by atomic mass is 9.98. The lowest BCUT2D eigenvalue weighted by Gasteiger charge is -2.10. The standard InChI is InChI=1S/C27H27FOS/c1-3-5-6-8-20-13-16-23-22-15-14-21(19-11-9-18(7-4-2)10-12-19)17-24(22)27(30)29-26(23)25(20)28/h9-17H,3-8H2,1-2H3. The monoisotopic (exact) mass is 418 g/mol. The summed E-state index contributed by atoms with van der Waals surface area (Å²) in [6.45, 7) is 4.34. The summed E-state index contributed by atoms with van der Waals surface area (Å²) in [7, 11) is 0. The second-order valence-electron chi connectivity index (χ2n) is 7.97. The molecule has 0 saturated carbocycles. The third kappa shape index (κ3) is 4.04. The zero-order chi connectivity index (χ0) is 21.1. The van der Waals surface area contributed by atoms with E-state index in [0.717, 1.165) is 65.8 Å². The third-order valence-electron chi connectivity index (χ3n) is 5.78. The average molecular weight is 419 g/mol. The van der Waals surface area contributed by atoms with Gasteiger partial charge in [0.15, 0.2) is 16.1 Å². The number of fused-ring (bicyclic) bond motifs is 3. The van der Waals surface area contributed by atoms with Crippen LogP contribution >= 0.6 is 12.2 Å². The van der Waals surface area contributed by atoms with Crippen LogP contribution in [0, 0.1) is 10.5 Å². The molecule has 0 aliphatic carbocycles. The molecule has 0 aliphatic heterocycles. The van der Waals surface area contributed by atoms with E-state index in [4.69, 9.17) is 16.6 Å². The fraction of sp³-hybridized carbons (Fsp3) is 0.296. The summed E-state index contributed by atoms with van der Waals surface area (Å²) in [5.74, 6) is -0.271. The van der Waals surface area contributed by atoms with E-state index >= 15 is 4.39 Å². The van der Waals surface area contributed by atoms with Crippen molar-refractivity contribution in [2.75, 3.05) is 0 Å². The molecule has 30 heavy (non-hydrogen) atoms. The van der Waals surface area contributed by atoms with Gasteiger partial charge in [0.1, 0.15) is 0 Å². The zero-order valence-electron chi connectivity index (χ0n) is 17.6. The largest absolute Gasteiger partial charge is 0.441 e. The first kappa shape index (κ1) is 20.7.